The number of pyridine rings is 1. The number of halogens is 4. The molecule has 2 aromatic rings. The summed E-state index contributed by atoms with van der Waals surface area (Å²) >= 11 is 0. The van der Waals surface area contributed by atoms with Crippen molar-refractivity contribution in [3.8, 4) is 0 Å². The van der Waals surface area contributed by atoms with E-state index in [1.807, 2.05) is 0 Å². The molecule has 0 saturated carbocycles. The van der Waals surface area contributed by atoms with E-state index in [2.05, 4.69) is 10.3 Å². The van der Waals surface area contributed by atoms with Gasteiger partial charge >= 0.3 is 6.18 Å². The number of nitrogens with one attached hydrogen (secondary N) is 1. The van der Waals surface area contributed by atoms with Crippen LogP contribution in [0.1, 0.15) is 22.7 Å². The van der Waals surface area contributed by atoms with Crippen LogP contribution in [0, 0.1) is 5.82 Å². The van der Waals surface area contributed by atoms with Crippen molar-refractivity contribution >= 4 is 5.82 Å². The lowest BCUT2D eigenvalue weighted by atomic mass is 9.94. The summed E-state index contributed by atoms with van der Waals surface area (Å²) in [7, 11) is 1.47. The number of anilines is 1. The minimum atomic E-state index is -4.59. The Balaban J connectivity index is 2.63. The summed E-state index contributed by atoms with van der Waals surface area (Å²) in [5.74, 6) is -0.657. The molecule has 1 unspecified atom stereocenters. The predicted octanol–water partition coefficient (Wildman–Crippen LogP) is 3.13. The molecule has 0 aliphatic heterocycles. The molecule has 0 aliphatic carbocycles. The van der Waals surface area contributed by atoms with Gasteiger partial charge in [0.2, 0.25) is 0 Å². The lowest BCUT2D eigenvalue weighted by molar-refractivity contribution is -0.138. The van der Waals surface area contributed by atoms with Gasteiger partial charge in [-0.1, -0.05) is 6.07 Å². The number of alkyl halides is 3. The second kappa shape index (κ2) is 5.69. The normalized spacial score (nSPS) is 13.2. The molecule has 0 fully saturated rings. The number of nitrogens with zero attached hydrogens (tertiary/aromatic N) is 1. The third-order valence-electron chi connectivity index (χ3n) is 3.10. The largest absolute Gasteiger partial charge is 0.416 e. The molecular formula is C14H13F4N3. The Morgan fingerprint density at radius 2 is 1.90 bits per heavy atom. The van der Waals surface area contributed by atoms with Crippen LogP contribution >= 0.6 is 0 Å². The molecule has 1 atom stereocenters. The topological polar surface area (TPSA) is 50.9 Å². The summed E-state index contributed by atoms with van der Waals surface area (Å²) < 4.78 is 52.7. The molecule has 1 aromatic carbocycles. The molecule has 0 radical (unpaired) electrons. The number of nitrogens with two attached hydrogens (primary N) is 1. The Morgan fingerprint density at radius 3 is 2.48 bits per heavy atom. The van der Waals surface area contributed by atoms with E-state index in [0.29, 0.717) is 5.56 Å². The molecular weight excluding hydrogens is 286 g/mol. The molecule has 7 heteroatoms. The first-order valence-electron chi connectivity index (χ1n) is 6.09. The van der Waals surface area contributed by atoms with E-state index in [-0.39, 0.29) is 11.4 Å². The fourth-order valence-electron chi connectivity index (χ4n) is 2.18. The van der Waals surface area contributed by atoms with Crippen molar-refractivity contribution in [1.82, 2.24) is 10.3 Å². The highest BCUT2D eigenvalue weighted by Gasteiger charge is 2.36. The number of aromatic nitrogens is 1. The van der Waals surface area contributed by atoms with Crippen LogP contribution in [-0.4, -0.2) is 12.0 Å². The number of hydrogen-bond acceptors (Lipinski definition) is 3. The predicted molar refractivity (Wildman–Crippen MR) is 71.0 cm³/mol. The van der Waals surface area contributed by atoms with Crippen molar-refractivity contribution in [3.63, 3.8) is 0 Å². The smallest absolute Gasteiger partial charge is 0.383 e. The van der Waals surface area contributed by atoms with Gasteiger partial charge < -0.3 is 11.1 Å². The van der Waals surface area contributed by atoms with E-state index < -0.39 is 23.6 Å². The molecule has 1 aromatic heterocycles. The van der Waals surface area contributed by atoms with Crippen LogP contribution in [0.2, 0.25) is 0 Å². The Labute approximate surface area is 118 Å². The molecule has 1 heterocycles. The summed E-state index contributed by atoms with van der Waals surface area (Å²) in [4.78, 5) is 3.85. The zero-order valence-corrected chi connectivity index (χ0v) is 11.1. The van der Waals surface area contributed by atoms with Crippen LogP contribution in [0.15, 0.2) is 36.5 Å². The molecule has 21 heavy (non-hydrogen) atoms. The number of nitrogen functional groups attached to an aromatic ring is 1. The lowest BCUT2D eigenvalue weighted by Gasteiger charge is -2.22. The first kappa shape index (κ1) is 15.2. The Bertz CT molecular complexity index is 640. The molecule has 3 nitrogen and oxygen atoms in total. The monoisotopic (exact) mass is 299 g/mol. The van der Waals surface area contributed by atoms with Crippen molar-refractivity contribution in [1.29, 1.82) is 0 Å². The maximum Gasteiger partial charge on any atom is 0.416 e. The molecule has 0 bridgehead atoms. The van der Waals surface area contributed by atoms with Crippen molar-refractivity contribution in [2.24, 2.45) is 0 Å². The van der Waals surface area contributed by atoms with E-state index in [1.165, 1.54) is 13.2 Å². The zero-order chi connectivity index (χ0) is 15.6. The lowest BCUT2D eigenvalue weighted by Crippen LogP contribution is -2.23. The molecule has 0 amide bonds. The average molecular weight is 299 g/mol. The van der Waals surface area contributed by atoms with Crippen LogP contribution in [0.3, 0.4) is 0 Å². The standard InChI is InChI=1S/C14H13F4N3/c1-20-12(9-3-2-6-21-13(9)19)10-7-8(15)4-5-11(10)14(16,17)18/h2-7,12,20H,1H3,(H2,19,21). The number of rotatable bonds is 3. The van der Waals surface area contributed by atoms with Crippen molar-refractivity contribution in [2.75, 3.05) is 12.8 Å². The third kappa shape index (κ3) is 3.13. The highest BCUT2D eigenvalue weighted by molar-refractivity contribution is 5.48. The van der Waals surface area contributed by atoms with Gasteiger partial charge in [-0.05, 0) is 36.9 Å². The Hall–Kier alpha value is -2.15. The molecule has 2 rings (SSSR count). The van der Waals surface area contributed by atoms with Gasteiger partial charge in [0.1, 0.15) is 11.6 Å². The van der Waals surface area contributed by atoms with Crippen molar-refractivity contribution < 1.29 is 17.6 Å². The maximum absolute atomic E-state index is 13.4. The van der Waals surface area contributed by atoms with Crippen molar-refractivity contribution in [3.05, 3.63) is 59.0 Å². The van der Waals surface area contributed by atoms with Gasteiger partial charge in [-0.2, -0.15) is 13.2 Å². The number of benzene rings is 1. The average Bonchev–Trinajstić information content (AvgIpc) is 2.40. The van der Waals surface area contributed by atoms with Crippen LogP contribution in [0.5, 0.6) is 0 Å². The SMILES string of the molecule is CNC(c1cc(F)ccc1C(F)(F)F)c1cccnc1N. The second-order valence-corrected chi connectivity index (χ2v) is 4.43. The van der Waals surface area contributed by atoms with Gasteiger partial charge in [0.05, 0.1) is 11.6 Å². The van der Waals surface area contributed by atoms with E-state index >= 15 is 0 Å². The molecule has 0 saturated heterocycles. The van der Waals surface area contributed by atoms with Gasteiger partial charge in [-0.3, -0.25) is 0 Å². The summed E-state index contributed by atoms with van der Waals surface area (Å²) in [6.07, 6.45) is -3.16. The third-order valence-corrected chi connectivity index (χ3v) is 3.10. The Morgan fingerprint density at radius 1 is 1.19 bits per heavy atom. The van der Waals surface area contributed by atoms with E-state index in [9.17, 15) is 17.6 Å². The quantitative estimate of drug-likeness (QED) is 0.856. The minimum Gasteiger partial charge on any atom is -0.383 e. The minimum absolute atomic E-state index is 0.0919. The zero-order valence-electron chi connectivity index (χ0n) is 11.1. The van der Waals surface area contributed by atoms with Gasteiger partial charge in [-0.15, -0.1) is 0 Å². The van der Waals surface area contributed by atoms with Crippen LogP contribution in [0.4, 0.5) is 23.4 Å². The summed E-state index contributed by atoms with van der Waals surface area (Å²) in [5.41, 5.74) is 4.92. The van der Waals surface area contributed by atoms with Crippen molar-refractivity contribution in [2.45, 2.75) is 12.2 Å². The van der Waals surface area contributed by atoms with Gasteiger partial charge in [0.15, 0.2) is 0 Å². The van der Waals surface area contributed by atoms with E-state index in [0.717, 1.165) is 18.2 Å². The van der Waals surface area contributed by atoms with E-state index in [4.69, 9.17) is 5.73 Å². The summed E-state index contributed by atoms with van der Waals surface area (Å²) in [6, 6.07) is 4.56. The summed E-state index contributed by atoms with van der Waals surface area (Å²) in [5, 5.41) is 2.73. The van der Waals surface area contributed by atoms with Crippen LogP contribution in [0.25, 0.3) is 0 Å². The van der Waals surface area contributed by atoms with Gasteiger partial charge in [0.25, 0.3) is 0 Å². The molecule has 0 aliphatic rings. The molecule has 3 N–H and O–H groups in total. The number of hydrogen-bond donors (Lipinski definition) is 2. The molecule has 112 valence electrons. The highest BCUT2D eigenvalue weighted by Crippen LogP contribution is 2.37. The first-order valence-corrected chi connectivity index (χ1v) is 6.09. The van der Waals surface area contributed by atoms with Crippen LogP contribution in [-0.2, 0) is 6.18 Å². The summed E-state index contributed by atoms with van der Waals surface area (Å²) in [6.45, 7) is 0. The van der Waals surface area contributed by atoms with Gasteiger partial charge in [0, 0.05) is 11.8 Å². The molecule has 0 spiro atoms. The second-order valence-electron chi connectivity index (χ2n) is 4.43. The fraction of sp³-hybridized carbons (Fsp3) is 0.214. The maximum atomic E-state index is 13.4. The Kier molecular flexibility index (Phi) is 4.13. The van der Waals surface area contributed by atoms with Gasteiger partial charge in [-0.25, -0.2) is 9.37 Å². The van der Waals surface area contributed by atoms with E-state index in [1.54, 1.807) is 12.1 Å². The fourth-order valence-corrected chi connectivity index (χ4v) is 2.18. The highest BCUT2D eigenvalue weighted by atomic mass is 19.4. The van der Waals surface area contributed by atoms with Crippen LogP contribution < -0.4 is 11.1 Å². The first-order chi connectivity index (χ1) is 9.84.